The van der Waals surface area contributed by atoms with Crippen LogP contribution in [0, 0.1) is 0 Å². The molecule has 3 rings (SSSR count). The largest absolute Gasteiger partial charge is 0.478 e. The fourth-order valence-electron chi connectivity index (χ4n) is 3.32. The highest BCUT2D eigenvalue weighted by Gasteiger charge is 2.32. The number of carboxylic acids is 1. The van der Waals surface area contributed by atoms with Crippen LogP contribution in [0.1, 0.15) is 27.1 Å². The normalized spacial score (nSPS) is 13.1. The number of nitrogens with zero attached hydrogens (tertiary/aromatic N) is 1. The van der Waals surface area contributed by atoms with Gasteiger partial charge in [-0.25, -0.2) is 14.4 Å². The number of hydrogen-bond acceptors (Lipinski definition) is 9. The Labute approximate surface area is 199 Å². The van der Waals surface area contributed by atoms with E-state index in [-0.39, 0.29) is 35.7 Å². The van der Waals surface area contributed by atoms with Gasteiger partial charge in [0.15, 0.2) is 5.78 Å². The second kappa shape index (κ2) is 11.1. The number of aromatic carboxylic acids is 1. The molecule has 0 aliphatic carbocycles. The Balaban J connectivity index is 1.72. The van der Waals surface area contributed by atoms with Crippen LogP contribution in [0.3, 0.4) is 0 Å². The van der Waals surface area contributed by atoms with Gasteiger partial charge < -0.3 is 29.5 Å². The van der Waals surface area contributed by atoms with Crippen molar-refractivity contribution in [3.63, 3.8) is 0 Å². The van der Waals surface area contributed by atoms with Crippen LogP contribution in [0.5, 0.6) is 0 Å². The lowest BCUT2D eigenvalue weighted by Gasteiger charge is -2.31. The summed E-state index contributed by atoms with van der Waals surface area (Å²) in [6.45, 7) is -0.167. The molecule has 2 aromatic rings. The van der Waals surface area contributed by atoms with Gasteiger partial charge in [0.2, 0.25) is 5.91 Å². The van der Waals surface area contributed by atoms with E-state index in [0.29, 0.717) is 11.4 Å². The summed E-state index contributed by atoms with van der Waals surface area (Å²) in [5.41, 5.74) is 1.10. The predicted octanol–water partition coefficient (Wildman–Crippen LogP) is 1.99. The molecule has 11 nitrogen and oxygen atoms in total. The van der Waals surface area contributed by atoms with Crippen LogP contribution in [-0.2, 0) is 28.6 Å². The molecule has 1 aliphatic rings. The molecule has 1 aliphatic heterocycles. The number of rotatable bonds is 8. The zero-order chi connectivity index (χ0) is 25.5. The van der Waals surface area contributed by atoms with E-state index in [9.17, 15) is 24.0 Å². The summed E-state index contributed by atoms with van der Waals surface area (Å²) in [5, 5.41) is 11.5. The third-order valence-electron chi connectivity index (χ3n) is 5.07. The zero-order valence-electron chi connectivity index (χ0n) is 18.9. The lowest BCUT2D eigenvalue weighted by Crippen LogP contribution is -2.38. The van der Waals surface area contributed by atoms with Gasteiger partial charge in [-0.15, -0.1) is 0 Å². The van der Waals surface area contributed by atoms with Gasteiger partial charge in [0, 0.05) is 16.9 Å². The third kappa shape index (κ3) is 5.89. The van der Waals surface area contributed by atoms with Crippen LogP contribution < -0.4 is 10.2 Å². The standard InChI is InChI=1S/C24H22N2O9/c1-33-23(31)18-12-35-13-26(21(18)24(32)34-2)17-9-5-14(6-10-17)19(27)11-20(28)25-16-7-3-15(4-8-16)22(29)30/h3-10H,11-13H2,1-2H3,(H,25,28)(H,29,30). The number of Topliss-reactive ketones (excluding diaryl/α,β-unsaturated/α-hetero) is 1. The molecule has 0 fully saturated rings. The van der Waals surface area contributed by atoms with Crippen molar-refractivity contribution >= 4 is 41.0 Å². The summed E-state index contributed by atoms with van der Waals surface area (Å²) in [7, 11) is 2.37. The maximum Gasteiger partial charge on any atom is 0.355 e. The molecule has 0 saturated carbocycles. The van der Waals surface area contributed by atoms with Crippen LogP contribution in [0.4, 0.5) is 11.4 Å². The van der Waals surface area contributed by atoms with E-state index < -0.39 is 36.0 Å². The summed E-state index contributed by atoms with van der Waals surface area (Å²) >= 11 is 0. The third-order valence-corrected chi connectivity index (χ3v) is 5.07. The van der Waals surface area contributed by atoms with Crippen LogP contribution in [0.25, 0.3) is 0 Å². The van der Waals surface area contributed by atoms with E-state index in [4.69, 9.17) is 19.3 Å². The lowest BCUT2D eigenvalue weighted by molar-refractivity contribution is -0.140. The van der Waals surface area contributed by atoms with Crippen molar-refractivity contribution in [1.82, 2.24) is 0 Å². The molecule has 2 aromatic carbocycles. The number of carboxylic acid groups (broad SMARTS) is 1. The van der Waals surface area contributed by atoms with Crippen LogP contribution in [-0.4, -0.2) is 62.3 Å². The number of benzene rings is 2. The van der Waals surface area contributed by atoms with Crippen molar-refractivity contribution in [1.29, 1.82) is 0 Å². The van der Waals surface area contributed by atoms with E-state index in [1.165, 1.54) is 55.5 Å². The Kier molecular flexibility index (Phi) is 7.95. The molecule has 11 heteroatoms. The Hall–Kier alpha value is -4.51. The highest BCUT2D eigenvalue weighted by molar-refractivity contribution is 6.11. The molecule has 0 bridgehead atoms. The number of methoxy groups -OCH3 is 2. The number of anilines is 2. The second-order valence-corrected chi connectivity index (χ2v) is 7.29. The molecule has 0 spiro atoms. The van der Waals surface area contributed by atoms with Gasteiger partial charge in [0.05, 0.1) is 38.4 Å². The molecule has 0 aromatic heterocycles. The van der Waals surface area contributed by atoms with Crippen LogP contribution in [0.15, 0.2) is 59.8 Å². The van der Waals surface area contributed by atoms with E-state index in [2.05, 4.69) is 5.32 Å². The average molecular weight is 482 g/mol. The number of esters is 2. The van der Waals surface area contributed by atoms with Crippen molar-refractivity contribution < 1.29 is 43.3 Å². The van der Waals surface area contributed by atoms with Crippen molar-refractivity contribution in [2.45, 2.75) is 6.42 Å². The minimum absolute atomic E-state index is 0.00110. The number of nitrogens with one attached hydrogen (secondary N) is 1. The highest BCUT2D eigenvalue weighted by Crippen LogP contribution is 2.27. The maximum atomic E-state index is 12.6. The molecule has 35 heavy (non-hydrogen) atoms. The number of ether oxygens (including phenoxy) is 3. The lowest BCUT2D eigenvalue weighted by atomic mass is 10.1. The highest BCUT2D eigenvalue weighted by atomic mass is 16.5. The topological polar surface area (TPSA) is 149 Å². The van der Waals surface area contributed by atoms with Crippen LogP contribution >= 0.6 is 0 Å². The minimum Gasteiger partial charge on any atom is -0.478 e. The number of hydrogen-bond donors (Lipinski definition) is 2. The molecular formula is C24H22N2O9. The number of carbonyl (C=O) groups is 5. The number of amides is 1. The quantitative estimate of drug-likeness (QED) is 0.325. The van der Waals surface area contributed by atoms with Gasteiger partial charge >= 0.3 is 17.9 Å². The summed E-state index contributed by atoms with van der Waals surface area (Å²) in [4.78, 5) is 61.6. The van der Waals surface area contributed by atoms with Crippen molar-refractivity contribution in [2.24, 2.45) is 0 Å². The molecule has 0 atom stereocenters. The summed E-state index contributed by atoms with van der Waals surface area (Å²) in [6.07, 6.45) is -0.438. The maximum absolute atomic E-state index is 12.6. The fourth-order valence-corrected chi connectivity index (χ4v) is 3.32. The monoisotopic (exact) mass is 482 g/mol. The summed E-state index contributed by atoms with van der Waals surface area (Å²) < 4.78 is 14.9. The SMILES string of the molecule is COC(=O)C1=C(C(=O)OC)N(c2ccc(C(=O)CC(=O)Nc3ccc(C(=O)O)cc3)cc2)COC1. The van der Waals surface area contributed by atoms with Gasteiger partial charge in [-0.2, -0.15) is 0 Å². The van der Waals surface area contributed by atoms with Crippen molar-refractivity contribution in [3.8, 4) is 0 Å². The number of ketones is 1. The molecule has 0 radical (unpaired) electrons. The van der Waals surface area contributed by atoms with E-state index >= 15 is 0 Å². The molecule has 1 heterocycles. The fraction of sp³-hybridized carbons (Fsp3) is 0.208. The van der Waals surface area contributed by atoms with Gasteiger partial charge in [0.1, 0.15) is 12.4 Å². The first kappa shape index (κ1) is 25.1. The first-order valence-electron chi connectivity index (χ1n) is 10.3. The van der Waals surface area contributed by atoms with Crippen molar-refractivity contribution in [3.05, 3.63) is 70.9 Å². The van der Waals surface area contributed by atoms with E-state index in [0.717, 1.165) is 0 Å². The zero-order valence-corrected chi connectivity index (χ0v) is 18.9. The van der Waals surface area contributed by atoms with Crippen molar-refractivity contribution in [2.75, 3.05) is 37.8 Å². The van der Waals surface area contributed by atoms with Crippen LogP contribution in [0.2, 0.25) is 0 Å². The van der Waals surface area contributed by atoms with Gasteiger partial charge in [0.25, 0.3) is 0 Å². The second-order valence-electron chi connectivity index (χ2n) is 7.29. The first-order valence-corrected chi connectivity index (χ1v) is 10.3. The molecule has 182 valence electrons. The number of carbonyl (C=O) groups excluding carboxylic acids is 4. The molecule has 0 saturated heterocycles. The van der Waals surface area contributed by atoms with Gasteiger partial charge in [-0.1, -0.05) is 0 Å². The first-order chi connectivity index (χ1) is 16.7. The smallest absolute Gasteiger partial charge is 0.355 e. The summed E-state index contributed by atoms with van der Waals surface area (Å²) in [5.74, 6) is -3.59. The minimum atomic E-state index is -1.09. The molecular weight excluding hydrogens is 460 g/mol. The molecule has 1 amide bonds. The Morgan fingerprint density at radius 2 is 1.51 bits per heavy atom. The Bertz CT molecular complexity index is 1180. The molecule has 0 unspecified atom stereocenters. The van der Waals surface area contributed by atoms with Gasteiger partial charge in [-0.3, -0.25) is 9.59 Å². The average Bonchev–Trinajstić information content (AvgIpc) is 2.87. The predicted molar refractivity (Wildman–Crippen MR) is 122 cm³/mol. The van der Waals surface area contributed by atoms with E-state index in [1.54, 1.807) is 12.1 Å². The Morgan fingerprint density at radius 1 is 0.914 bits per heavy atom. The summed E-state index contributed by atoms with van der Waals surface area (Å²) in [6, 6.07) is 11.6. The molecule has 2 N–H and O–H groups in total. The Morgan fingerprint density at radius 3 is 2.09 bits per heavy atom. The van der Waals surface area contributed by atoms with Gasteiger partial charge in [-0.05, 0) is 48.5 Å². The van der Waals surface area contributed by atoms with E-state index in [1.807, 2.05) is 0 Å².